The lowest BCUT2D eigenvalue weighted by atomic mass is 10.1. The van der Waals surface area contributed by atoms with Crippen LogP contribution in [-0.4, -0.2) is 63.9 Å². The maximum atomic E-state index is 6.15. The van der Waals surface area contributed by atoms with E-state index in [2.05, 4.69) is 45.6 Å². The summed E-state index contributed by atoms with van der Waals surface area (Å²) in [6.45, 7) is 9.63. The molecule has 0 radical (unpaired) electrons. The van der Waals surface area contributed by atoms with Crippen molar-refractivity contribution in [3.8, 4) is 5.75 Å². The molecule has 2 aliphatic rings. The second-order valence-electron chi connectivity index (χ2n) is 8.26. The van der Waals surface area contributed by atoms with Gasteiger partial charge in [0, 0.05) is 44.8 Å². The first kappa shape index (κ1) is 21.9. The Morgan fingerprint density at radius 2 is 2.03 bits per heavy atom. The lowest BCUT2D eigenvalue weighted by Crippen LogP contribution is -2.41. The molecule has 2 N–H and O–H groups in total. The molecule has 2 fully saturated rings. The Morgan fingerprint density at radius 3 is 2.76 bits per heavy atom. The van der Waals surface area contributed by atoms with Crippen LogP contribution in [0.15, 0.2) is 23.2 Å². The molecule has 0 aliphatic carbocycles. The summed E-state index contributed by atoms with van der Waals surface area (Å²) in [4.78, 5) is 6.94. The number of rotatable bonds is 8. The van der Waals surface area contributed by atoms with Crippen molar-refractivity contribution in [2.75, 3.05) is 53.0 Å². The number of nitrogens with zero attached hydrogens (tertiary/aromatic N) is 2. The summed E-state index contributed by atoms with van der Waals surface area (Å²) >= 11 is 0. The molecule has 0 aromatic heterocycles. The van der Waals surface area contributed by atoms with E-state index in [0.717, 1.165) is 56.6 Å². The number of hydrogen-bond acceptors (Lipinski definition) is 4. The Bertz CT molecular complexity index is 636. The minimum atomic E-state index is 0.504. The Hall–Kier alpha value is -1.79. The molecule has 1 aromatic rings. The minimum Gasteiger partial charge on any atom is -0.493 e. The second-order valence-corrected chi connectivity index (χ2v) is 8.26. The molecule has 1 aromatic carbocycles. The molecular formula is C23H38N4O2. The van der Waals surface area contributed by atoms with Gasteiger partial charge in [-0.2, -0.15) is 0 Å². The number of aryl methyl sites for hydroxylation is 1. The van der Waals surface area contributed by atoms with Gasteiger partial charge in [-0.25, -0.2) is 0 Å². The average molecular weight is 403 g/mol. The van der Waals surface area contributed by atoms with Gasteiger partial charge in [-0.3, -0.25) is 4.99 Å². The molecule has 0 spiro atoms. The van der Waals surface area contributed by atoms with Crippen LogP contribution in [0.25, 0.3) is 0 Å². The highest BCUT2D eigenvalue weighted by Crippen LogP contribution is 2.22. The summed E-state index contributed by atoms with van der Waals surface area (Å²) in [5, 5.41) is 6.89. The van der Waals surface area contributed by atoms with E-state index in [1.165, 1.54) is 44.3 Å². The number of aliphatic imine (C=N–C) groups is 1. The Labute approximate surface area is 176 Å². The Kier molecular flexibility index (Phi) is 9.09. The fraction of sp³-hybridized carbons (Fsp3) is 0.696. The van der Waals surface area contributed by atoms with Gasteiger partial charge in [-0.05, 0) is 50.9 Å². The second kappa shape index (κ2) is 12.0. The van der Waals surface area contributed by atoms with Gasteiger partial charge in [0.05, 0.1) is 13.2 Å². The summed E-state index contributed by atoms with van der Waals surface area (Å²) in [6.07, 6.45) is 6.50. The molecular weight excluding hydrogens is 364 g/mol. The summed E-state index contributed by atoms with van der Waals surface area (Å²) in [5.74, 6) is 2.31. The van der Waals surface area contributed by atoms with Crippen molar-refractivity contribution < 1.29 is 9.47 Å². The van der Waals surface area contributed by atoms with Crippen molar-refractivity contribution in [1.29, 1.82) is 0 Å². The number of ether oxygens (including phenoxy) is 2. The van der Waals surface area contributed by atoms with Crippen LogP contribution in [0.1, 0.15) is 43.2 Å². The minimum absolute atomic E-state index is 0.504. The zero-order valence-corrected chi connectivity index (χ0v) is 18.2. The van der Waals surface area contributed by atoms with Crippen LogP contribution in [0.5, 0.6) is 5.75 Å². The summed E-state index contributed by atoms with van der Waals surface area (Å²) in [5.41, 5.74) is 2.37. The molecule has 29 heavy (non-hydrogen) atoms. The Balaban J connectivity index is 1.45. The quantitative estimate of drug-likeness (QED) is 0.517. The predicted molar refractivity (Wildman–Crippen MR) is 119 cm³/mol. The molecule has 1 atom stereocenters. The zero-order chi connectivity index (χ0) is 20.3. The van der Waals surface area contributed by atoms with Crippen molar-refractivity contribution in [1.82, 2.24) is 15.5 Å². The third-order valence-electron chi connectivity index (χ3n) is 5.81. The van der Waals surface area contributed by atoms with Crippen LogP contribution >= 0.6 is 0 Å². The van der Waals surface area contributed by atoms with Crippen molar-refractivity contribution >= 4 is 5.96 Å². The summed E-state index contributed by atoms with van der Waals surface area (Å²) < 4.78 is 11.6. The van der Waals surface area contributed by atoms with Crippen LogP contribution in [0.2, 0.25) is 0 Å². The molecule has 2 heterocycles. The molecule has 0 bridgehead atoms. The van der Waals surface area contributed by atoms with Gasteiger partial charge in [-0.1, -0.05) is 25.0 Å². The zero-order valence-electron chi connectivity index (χ0n) is 18.2. The molecule has 2 saturated heterocycles. The fourth-order valence-electron chi connectivity index (χ4n) is 3.96. The first-order chi connectivity index (χ1) is 14.2. The summed E-state index contributed by atoms with van der Waals surface area (Å²) in [7, 11) is 1.83. The first-order valence-corrected chi connectivity index (χ1v) is 11.2. The van der Waals surface area contributed by atoms with E-state index in [4.69, 9.17) is 9.47 Å². The molecule has 6 nitrogen and oxygen atoms in total. The van der Waals surface area contributed by atoms with E-state index in [1.54, 1.807) is 0 Å². The topological polar surface area (TPSA) is 58.1 Å². The monoisotopic (exact) mass is 402 g/mol. The van der Waals surface area contributed by atoms with E-state index in [9.17, 15) is 0 Å². The van der Waals surface area contributed by atoms with Crippen LogP contribution in [0, 0.1) is 12.8 Å². The average Bonchev–Trinajstić information content (AvgIpc) is 3.12. The molecule has 0 amide bonds. The number of nitrogens with one attached hydrogen (secondary N) is 2. The third kappa shape index (κ3) is 7.52. The van der Waals surface area contributed by atoms with Crippen molar-refractivity contribution in [3.63, 3.8) is 0 Å². The highest BCUT2D eigenvalue weighted by molar-refractivity contribution is 5.79. The van der Waals surface area contributed by atoms with Crippen molar-refractivity contribution in [2.45, 2.75) is 45.6 Å². The third-order valence-corrected chi connectivity index (χ3v) is 5.81. The number of likely N-dealkylation sites (tertiary alicyclic amines) is 1. The maximum Gasteiger partial charge on any atom is 0.191 e. The molecule has 162 valence electrons. The maximum absolute atomic E-state index is 6.15. The van der Waals surface area contributed by atoms with Crippen LogP contribution in [0.4, 0.5) is 0 Å². The molecule has 0 saturated carbocycles. The lowest BCUT2D eigenvalue weighted by Gasteiger charge is -2.21. The van der Waals surface area contributed by atoms with Crippen LogP contribution in [-0.2, 0) is 11.3 Å². The molecule has 3 rings (SSSR count). The highest BCUT2D eigenvalue weighted by Gasteiger charge is 2.17. The largest absolute Gasteiger partial charge is 0.493 e. The number of guanidine groups is 1. The van der Waals surface area contributed by atoms with Crippen molar-refractivity contribution in [3.05, 3.63) is 29.3 Å². The van der Waals surface area contributed by atoms with Crippen molar-refractivity contribution in [2.24, 2.45) is 10.9 Å². The standard InChI is InChI=1S/C23H38N4O2/c1-19-7-8-21(22(15-19)29-18-20-9-14-28-17-20)16-26-23(24-2)25-10-13-27-11-5-3-4-6-12-27/h7-8,15,20H,3-6,9-14,16-18H2,1-2H3,(H2,24,25,26). The molecule has 6 heteroatoms. The fourth-order valence-corrected chi connectivity index (χ4v) is 3.96. The van der Waals surface area contributed by atoms with Gasteiger partial charge < -0.3 is 25.0 Å². The van der Waals surface area contributed by atoms with Gasteiger partial charge in [0.15, 0.2) is 5.96 Å². The predicted octanol–water partition coefficient (Wildman–Crippen LogP) is 2.95. The highest BCUT2D eigenvalue weighted by atomic mass is 16.5. The van der Waals surface area contributed by atoms with Gasteiger partial charge in [0.1, 0.15) is 5.75 Å². The van der Waals surface area contributed by atoms with Gasteiger partial charge in [-0.15, -0.1) is 0 Å². The van der Waals surface area contributed by atoms with Crippen LogP contribution < -0.4 is 15.4 Å². The lowest BCUT2D eigenvalue weighted by molar-refractivity contribution is 0.166. The molecule has 1 unspecified atom stereocenters. The summed E-state index contributed by atoms with van der Waals surface area (Å²) in [6, 6.07) is 6.41. The van der Waals surface area contributed by atoms with E-state index in [-0.39, 0.29) is 0 Å². The Morgan fingerprint density at radius 1 is 1.21 bits per heavy atom. The van der Waals surface area contributed by atoms with E-state index >= 15 is 0 Å². The van der Waals surface area contributed by atoms with Gasteiger partial charge >= 0.3 is 0 Å². The van der Waals surface area contributed by atoms with Gasteiger partial charge in [0.2, 0.25) is 0 Å². The normalized spacial score (nSPS) is 21.0. The van der Waals surface area contributed by atoms with E-state index in [0.29, 0.717) is 12.5 Å². The van der Waals surface area contributed by atoms with E-state index < -0.39 is 0 Å². The number of benzene rings is 1. The smallest absolute Gasteiger partial charge is 0.191 e. The molecule has 2 aliphatic heterocycles. The number of hydrogen-bond donors (Lipinski definition) is 2. The first-order valence-electron chi connectivity index (χ1n) is 11.2. The SMILES string of the molecule is CN=C(NCCN1CCCCCC1)NCc1ccc(C)cc1OCC1CCOC1. The van der Waals surface area contributed by atoms with Crippen LogP contribution in [0.3, 0.4) is 0 Å². The van der Waals surface area contributed by atoms with Gasteiger partial charge in [0.25, 0.3) is 0 Å². The van der Waals surface area contributed by atoms with E-state index in [1.807, 2.05) is 7.05 Å².